The van der Waals surface area contributed by atoms with E-state index in [2.05, 4.69) is 99.0 Å². The summed E-state index contributed by atoms with van der Waals surface area (Å²) in [4.78, 5) is 97.0. The summed E-state index contributed by atoms with van der Waals surface area (Å²) in [5, 5.41) is 26.3. The molecule has 2 aromatic rings. The van der Waals surface area contributed by atoms with Crippen LogP contribution in [0.3, 0.4) is 0 Å². The van der Waals surface area contributed by atoms with Crippen molar-refractivity contribution in [2.45, 2.75) is 148 Å². The summed E-state index contributed by atoms with van der Waals surface area (Å²) in [5.74, 6) is -1.23. The second-order valence-electron chi connectivity index (χ2n) is 18.0. The highest BCUT2D eigenvalue weighted by Crippen LogP contribution is 2.56. The lowest BCUT2D eigenvalue weighted by Gasteiger charge is -2.36. The van der Waals surface area contributed by atoms with E-state index in [1.807, 2.05) is 6.08 Å². The summed E-state index contributed by atoms with van der Waals surface area (Å²) in [6.45, 7) is 2.31. The number of hydrogen-bond donors (Lipinski definition) is 5. The molecule has 3 rings (SSSR count). The van der Waals surface area contributed by atoms with Gasteiger partial charge < -0.3 is 69.0 Å². The highest BCUT2D eigenvalue weighted by atomic mass is 32.2. The number of aliphatic hydroxyl groups excluding tert-OH is 2. The summed E-state index contributed by atoms with van der Waals surface area (Å²) >= 11 is 1.05. The SMILES string of the molecule is CCCCC/C=C\C/C=C\C/C=C\C/C=C\CCCCCCC/C=C/C(=O)SCCNC(=O)CCNC(=O)[C@H](O)C(C)(C)COP(=O)([O-])OP(=O)([O-])OC[C@H]1O[C@@H](n2cnc3c(N)ncnc32)[C@H](O)[C@@H]1OP(=O)([O-])[O-]. The van der Waals surface area contributed by atoms with E-state index in [1.54, 1.807) is 0 Å². The zero-order chi connectivity index (χ0) is 55.3. The molecule has 0 aromatic carbocycles. The summed E-state index contributed by atoms with van der Waals surface area (Å²) in [6, 6.07) is 0. The van der Waals surface area contributed by atoms with E-state index in [4.69, 9.17) is 10.5 Å². The number of nitrogens with one attached hydrogen (secondary N) is 2. The van der Waals surface area contributed by atoms with Crippen molar-refractivity contribution in [2.75, 3.05) is 37.8 Å². The molecule has 0 saturated carbocycles. The number of carbonyl (C=O) groups excluding carboxylic acids is 3. The van der Waals surface area contributed by atoms with Gasteiger partial charge in [-0.3, -0.25) is 28.1 Å². The minimum absolute atomic E-state index is 0.0213. The molecule has 0 spiro atoms. The fourth-order valence-corrected chi connectivity index (χ4v) is 10.4. The van der Waals surface area contributed by atoms with Crippen LogP contribution in [0.25, 0.3) is 11.2 Å². The summed E-state index contributed by atoms with van der Waals surface area (Å²) in [7, 11) is -17.6. The molecular formula is C47H72N7O17P3S-4. The molecule has 7 atom stereocenters. The summed E-state index contributed by atoms with van der Waals surface area (Å²) in [6.07, 6.45) is 28.9. The number of nitrogen functional groups attached to an aromatic ring is 1. The number of phosphoric ester groups is 3. The van der Waals surface area contributed by atoms with Gasteiger partial charge in [0.05, 0.1) is 27.4 Å². The third-order valence-corrected chi connectivity index (χ3v) is 15.0. The molecule has 0 aliphatic carbocycles. The van der Waals surface area contributed by atoms with Crippen LogP contribution in [-0.4, -0.2) is 103 Å². The Morgan fingerprint density at radius 2 is 1.43 bits per heavy atom. The number of imidazole rings is 1. The number of thioether (sulfide) groups is 1. The normalized spacial score (nSPS) is 19.7. The van der Waals surface area contributed by atoms with Crippen LogP contribution in [0.1, 0.15) is 123 Å². The Hall–Kier alpha value is -3.74. The number of ether oxygens (including phenoxy) is 1. The number of nitrogens with two attached hydrogens (primary N) is 1. The van der Waals surface area contributed by atoms with Crippen molar-refractivity contribution >= 4 is 69.1 Å². The molecule has 28 heteroatoms. The topological polar surface area (TPSA) is 375 Å². The van der Waals surface area contributed by atoms with Gasteiger partial charge >= 0.3 is 0 Å². The third kappa shape index (κ3) is 26.4. The number of phosphoric acid groups is 3. The summed E-state index contributed by atoms with van der Waals surface area (Å²) in [5.41, 5.74) is 4.08. The number of rotatable bonds is 38. The number of nitrogens with zero attached hydrogens (tertiary/aromatic N) is 4. The maximum Gasteiger partial charge on any atom is 0.274 e. The van der Waals surface area contributed by atoms with Gasteiger partial charge in [-0.2, -0.15) is 0 Å². The van der Waals surface area contributed by atoms with Gasteiger partial charge in [-0.15, -0.1) is 0 Å². The first-order chi connectivity index (χ1) is 35.6. The van der Waals surface area contributed by atoms with Crippen LogP contribution in [0.15, 0.2) is 73.4 Å². The Labute approximate surface area is 442 Å². The largest absolute Gasteiger partial charge is 0.790 e. The van der Waals surface area contributed by atoms with Crippen molar-refractivity contribution in [1.29, 1.82) is 0 Å². The fourth-order valence-electron chi connectivity index (χ4n) is 7.10. The maximum atomic E-state index is 12.7. The third-order valence-electron chi connectivity index (χ3n) is 11.2. The number of aliphatic hydroxyl groups is 2. The number of hydrogen-bond acceptors (Lipinski definition) is 22. The molecule has 422 valence electrons. The van der Waals surface area contributed by atoms with Crippen molar-refractivity contribution < 1.29 is 80.5 Å². The Bertz CT molecular complexity index is 2380. The predicted octanol–water partition coefficient (Wildman–Crippen LogP) is 4.40. The highest BCUT2D eigenvalue weighted by Gasteiger charge is 2.47. The van der Waals surface area contributed by atoms with E-state index in [9.17, 15) is 57.9 Å². The quantitative estimate of drug-likeness (QED) is 0.0269. The molecule has 2 aromatic heterocycles. The van der Waals surface area contributed by atoms with Gasteiger partial charge in [-0.1, -0.05) is 119 Å². The Balaban J connectivity index is 1.24. The van der Waals surface area contributed by atoms with Crippen molar-refractivity contribution in [3.8, 4) is 0 Å². The molecule has 1 fully saturated rings. The average Bonchev–Trinajstić information content (AvgIpc) is 3.91. The van der Waals surface area contributed by atoms with Crippen molar-refractivity contribution in [2.24, 2.45) is 5.41 Å². The Morgan fingerprint density at radius 1 is 0.840 bits per heavy atom. The number of aromatic nitrogens is 4. The highest BCUT2D eigenvalue weighted by molar-refractivity contribution is 8.14. The molecule has 1 aliphatic rings. The Kier molecular flexibility index (Phi) is 29.9. The lowest BCUT2D eigenvalue weighted by atomic mass is 9.87. The zero-order valence-corrected chi connectivity index (χ0v) is 46.1. The van der Waals surface area contributed by atoms with Gasteiger partial charge in [0.1, 0.15) is 36.3 Å². The van der Waals surface area contributed by atoms with Crippen molar-refractivity contribution in [3.05, 3.63) is 73.4 Å². The first-order valence-electron chi connectivity index (χ1n) is 24.8. The van der Waals surface area contributed by atoms with Gasteiger partial charge in [-0.25, -0.2) is 19.3 Å². The minimum atomic E-state index is -5.93. The molecule has 1 saturated heterocycles. The van der Waals surface area contributed by atoms with Crippen LogP contribution in [0.4, 0.5) is 5.82 Å². The second-order valence-corrected chi connectivity index (χ2v) is 23.1. The number of anilines is 1. The lowest BCUT2D eigenvalue weighted by molar-refractivity contribution is -0.347. The first kappa shape index (κ1) is 65.5. The van der Waals surface area contributed by atoms with Crippen LogP contribution in [0, 0.1) is 5.41 Å². The van der Waals surface area contributed by atoms with E-state index in [-0.39, 0.29) is 41.6 Å². The molecule has 1 aliphatic heterocycles. The van der Waals surface area contributed by atoms with Crippen LogP contribution < -0.4 is 35.9 Å². The molecule has 3 heterocycles. The van der Waals surface area contributed by atoms with Crippen molar-refractivity contribution in [1.82, 2.24) is 30.2 Å². The number of unbranched alkanes of at least 4 members (excludes halogenated alkanes) is 9. The summed E-state index contributed by atoms with van der Waals surface area (Å²) < 4.78 is 60.9. The van der Waals surface area contributed by atoms with Crippen LogP contribution in [0.2, 0.25) is 0 Å². The van der Waals surface area contributed by atoms with E-state index in [0.29, 0.717) is 5.75 Å². The molecule has 24 nitrogen and oxygen atoms in total. The van der Waals surface area contributed by atoms with Gasteiger partial charge in [0, 0.05) is 30.7 Å². The maximum absolute atomic E-state index is 12.7. The van der Waals surface area contributed by atoms with E-state index < -0.39 is 84.6 Å². The molecule has 6 N–H and O–H groups in total. The number of carbonyl (C=O) groups is 3. The first-order valence-corrected chi connectivity index (χ1v) is 30.2. The average molecular weight is 1130 g/mol. The molecule has 75 heavy (non-hydrogen) atoms. The minimum Gasteiger partial charge on any atom is -0.790 e. The van der Waals surface area contributed by atoms with Crippen LogP contribution in [0.5, 0.6) is 0 Å². The van der Waals surface area contributed by atoms with Gasteiger partial charge in [0.25, 0.3) is 15.6 Å². The molecule has 2 unspecified atom stereocenters. The number of allylic oxidation sites excluding steroid dienone is 9. The van der Waals surface area contributed by atoms with Gasteiger partial charge in [0.15, 0.2) is 17.7 Å². The fraction of sp³-hybridized carbons (Fsp3) is 0.617. The van der Waals surface area contributed by atoms with E-state index in [1.165, 1.54) is 45.6 Å². The van der Waals surface area contributed by atoms with Crippen LogP contribution >= 0.6 is 35.2 Å². The van der Waals surface area contributed by atoms with Crippen molar-refractivity contribution in [3.63, 3.8) is 0 Å². The smallest absolute Gasteiger partial charge is 0.274 e. The van der Waals surface area contributed by atoms with E-state index >= 15 is 0 Å². The van der Waals surface area contributed by atoms with Crippen LogP contribution in [-0.2, 0) is 50.7 Å². The molecular weight excluding hydrogens is 1060 g/mol. The van der Waals surface area contributed by atoms with Gasteiger partial charge in [0.2, 0.25) is 16.9 Å². The monoisotopic (exact) mass is 1130 g/mol. The lowest BCUT2D eigenvalue weighted by Crippen LogP contribution is -2.46. The van der Waals surface area contributed by atoms with E-state index in [0.717, 1.165) is 93.2 Å². The number of amides is 2. The molecule has 2 amide bonds. The number of fused-ring (bicyclic) bond motifs is 1. The molecule has 0 radical (unpaired) electrons. The molecule has 0 bridgehead atoms. The predicted molar refractivity (Wildman–Crippen MR) is 274 cm³/mol. The van der Waals surface area contributed by atoms with Gasteiger partial charge in [-0.05, 0) is 63.9 Å². The Morgan fingerprint density at radius 3 is 2.05 bits per heavy atom. The zero-order valence-electron chi connectivity index (χ0n) is 42.6. The standard InChI is InChI=1S/C47H76N7O17P3S/c1-4-5-6-7-8-9-10-11-12-13-14-15-16-17-18-19-20-21-22-23-24-25-26-27-38(56)75-31-30-49-37(55)28-29-50-45(59)42(58)47(2,3)33-68-74(65,66)71-73(63,64)67-32-36-41(70-72(60,61)62)40(57)46(69-36)54-35-53-39-43(48)51-34-52-44(39)54/h8-9,11-12,14-15,17-18,26-27,34-36,40-42,46,57-58H,4-7,10,13,16,19-25,28-33H2,1-3H3,(H,49,55)(H,50,59)(H,63,64)(H,65,66)(H2,48,51,52)(H2,60,61,62)/p-4/b9-8-,12-11-,15-14-,18-17-,27-26+/t36-,40-,41-,42+,46-/m1/s1. The second kappa shape index (κ2) is 34.2.